The van der Waals surface area contributed by atoms with Crippen molar-refractivity contribution in [2.75, 3.05) is 13.7 Å². The van der Waals surface area contributed by atoms with Crippen LogP contribution in [0.15, 0.2) is 53.0 Å². The van der Waals surface area contributed by atoms with Crippen LogP contribution in [0.4, 0.5) is 4.39 Å². The quantitative estimate of drug-likeness (QED) is 0.823. The molecule has 21 heavy (non-hydrogen) atoms. The third-order valence-electron chi connectivity index (χ3n) is 2.93. The molecule has 0 saturated carbocycles. The predicted molar refractivity (Wildman–Crippen MR) is 82.5 cm³/mol. The number of hydrogen-bond acceptors (Lipinski definition) is 2. The van der Waals surface area contributed by atoms with Crippen molar-refractivity contribution in [2.24, 2.45) is 0 Å². The maximum Gasteiger partial charge on any atom is 0.260 e. The van der Waals surface area contributed by atoms with E-state index in [0.29, 0.717) is 16.8 Å². The minimum Gasteiger partial charge on any atom is -0.483 e. The second-order valence-corrected chi connectivity index (χ2v) is 5.45. The van der Waals surface area contributed by atoms with Crippen LogP contribution < -0.4 is 4.74 Å². The Labute approximate surface area is 131 Å². The summed E-state index contributed by atoms with van der Waals surface area (Å²) in [5.41, 5.74) is 1.05. The lowest BCUT2D eigenvalue weighted by Gasteiger charge is -2.18. The SMILES string of the molecule is CN(Cc1ccccc1)C(=O)COc1ccc(F)cc1Br. The lowest BCUT2D eigenvalue weighted by atomic mass is 10.2. The highest BCUT2D eigenvalue weighted by atomic mass is 79.9. The first-order chi connectivity index (χ1) is 10.1. The molecule has 0 aliphatic rings. The molecule has 0 N–H and O–H groups in total. The average molecular weight is 352 g/mol. The molecule has 0 heterocycles. The smallest absolute Gasteiger partial charge is 0.260 e. The van der Waals surface area contributed by atoms with Gasteiger partial charge in [0.25, 0.3) is 5.91 Å². The van der Waals surface area contributed by atoms with Gasteiger partial charge < -0.3 is 9.64 Å². The third kappa shape index (κ3) is 4.56. The number of carbonyl (C=O) groups is 1. The maximum absolute atomic E-state index is 13.0. The fourth-order valence-electron chi connectivity index (χ4n) is 1.79. The number of ether oxygens (including phenoxy) is 1. The maximum atomic E-state index is 13.0. The topological polar surface area (TPSA) is 29.5 Å². The number of amides is 1. The van der Waals surface area contributed by atoms with Crippen LogP contribution in [0.3, 0.4) is 0 Å². The van der Waals surface area contributed by atoms with Crippen LogP contribution in [0.25, 0.3) is 0 Å². The number of benzene rings is 2. The Balaban J connectivity index is 1.89. The average Bonchev–Trinajstić information content (AvgIpc) is 2.47. The van der Waals surface area contributed by atoms with Gasteiger partial charge in [0.05, 0.1) is 4.47 Å². The largest absolute Gasteiger partial charge is 0.483 e. The summed E-state index contributed by atoms with van der Waals surface area (Å²) in [6.45, 7) is 0.432. The zero-order valence-corrected chi connectivity index (χ0v) is 13.1. The molecular weight excluding hydrogens is 337 g/mol. The fourth-order valence-corrected chi connectivity index (χ4v) is 2.25. The summed E-state index contributed by atoms with van der Waals surface area (Å²) >= 11 is 3.20. The van der Waals surface area contributed by atoms with Crippen molar-refractivity contribution < 1.29 is 13.9 Å². The van der Waals surface area contributed by atoms with Crippen molar-refractivity contribution in [2.45, 2.75) is 6.54 Å². The number of hydrogen-bond donors (Lipinski definition) is 0. The van der Waals surface area contributed by atoms with E-state index in [1.807, 2.05) is 30.3 Å². The minimum absolute atomic E-state index is 0.0897. The van der Waals surface area contributed by atoms with Crippen molar-refractivity contribution in [1.82, 2.24) is 4.90 Å². The van der Waals surface area contributed by atoms with Gasteiger partial charge in [-0.25, -0.2) is 4.39 Å². The first-order valence-corrected chi connectivity index (χ1v) is 7.21. The summed E-state index contributed by atoms with van der Waals surface area (Å²) in [7, 11) is 1.72. The van der Waals surface area contributed by atoms with Crippen LogP contribution in [0, 0.1) is 5.82 Å². The van der Waals surface area contributed by atoms with Gasteiger partial charge in [-0.2, -0.15) is 0 Å². The molecule has 0 spiro atoms. The zero-order valence-electron chi connectivity index (χ0n) is 11.6. The van der Waals surface area contributed by atoms with Crippen molar-refractivity contribution >= 4 is 21.8 Å². The molecule has 0 atom stereocenters. The van der Waals surface area contributed by atoms with E-state index in [1.54, 1.807) is 11.9 Å². The second kappa shape index (κ2) is 7.22. The van der Waals surface area contributed by atoms with E-state index in [0.717, 1.165) is 5.56 Å². The number of nitrogens with zero attached hydrogens (tertiary/aromatic N) is 1. The van der Waals surface area contributed by atoms with E-state index in [1.165, 1.54) is 18.2 Å². The summed E-state index contributed by atoms with van der Waals surface area (Å²) in [4.78, 5) is 13.6. The molecule has 110 valence electrons. The normalized spacial score (nSPS) is 10.2. The highest BCUT2D eigenvalue weighted by Gasteiger charge is 2.11. The Morgan fingerprint density at radius 2 is 1.95 bits per heavy atom. The van der Waals surface area contributed by atoms with Gasteiger partial charge in [-0.3, -0.25) is 4.79 Å². The van der Waals surface area contributed by atoms with Crippen molar-refractivity contribution in [3.63, 3.8) is 0 Å². The van der Waals surface area contributed by atoms with Gasteiger partial charge in [0.2, 0.25) is 0 Å². The molecule has 0 aliphatic carbocycles. The Kier molecular flexibility index (Phi) is 5.33. The van der Waals surface area contributed by atoms with E-state index in [9.17, 15) is 9.18 Å². The number of likely N-dealkylation sites (N-methyl/N-ethyl adjacent to an activating group) is 1. The summed E-state index contributed by atoms with van der Waals surface area (Å²) in [5, 5.41) is 0. The molecule has 3 nitrogen and oxygen atoms in total. The van der Waals surface area contributed by atoms with Crippen LogP contribution in [-0.4, -0.2) is 24.5 Å². The molecule has 0 radical (unpaired) electrons. The molecule has 1 amide bonds. The van der Waals surface area contributed by atoms with Gasteiger partial charge in [0.1, 0.15) is 11.6 Å². The van der Waals surface area contributed by atoms with Gasteiger partial charge >= 0.3 is 0 Å². The fraction of sp³-hybridized carbons (Fsp3) is 0.188. The van der Waals surface area contributed by atoms with Gasteiger partial charge in [0.15, 0.2) is 6.61 Å². The van der Waals surface area contributed by atoms with Gasteiger partial charge in [-0.05, 0) is 39.7 Å². The van der Waals surface area contributed by atoms with Crippen molar-refractivity contribution in [3.8, 4) is 5.75 Å². The highest BCUT2D eigenvalue weighted by molar-refractivity contribution is 9.10. The molecule has 0 saturated heterocycles. The van der Waals surface area contributed by atoms with E-state index in [-0.39, 0.29) is 18.3 Å². The number of rotatable bonds is 5. The molecule has 2 aromatic carbocycles. The van der Waals surface area contributed by atoms with Crippen LogP contribution >= 0.6 is 15.9 Å². The van der Waals surface area contributed by atoms with Crippen molar-refractivity contribution in [3.05, 3.63) is 64.4 Å². The van der Waals surface area contributed by atoms with E-state index < -0.39 is 0 Å². The molecule has 0 bridgehead atoms. The van der Waals surface area contributed by atoms with E-state index >= 15 is 0 Å². The predicted octanol–water partition coefficient (Wildman–Crippen LogP) is 3.63. The molecule has 0 fully saturated rings. The Hall–Kier alpha value is -1.88. The van der Waals surface area contributed by atoms with Gasteiger partial charge in [-0.1, -0.05) is 30.3 Å². The van der Waals surface area contributed by atoms with Crippen LogP contribution in [0.2, 0.25) is 0 Å². The van der Waals surface area contributed by atoms with Gasteiger partial charge in [0, 0.05) is 13.6 Å². The summed E-state index contributed by atoms with van der Waals surface area (Å²) in [6.07, 6.45) is 0. The summed E-state index contributed by atoms with van der Waals surface area (Å²) in [6, 6.07) is 13.8. The van der Waals surface area contributed by atoms with E-state index in [2.05, 4.69) is 15.9 Å². The summed E-state index contributed by atoms with van der Waals surface area (Å²) in [5.74, 6) is -0.0605. The Morgan fingerprint density at radius 1 is 1.24 bits per heavy atom. The molecule has 5 heteroatoms. The third-order valence-corrected chi connectivity index (χ3v) is 3.55. The second-order valence-electron chi connectivity index (χ2n) is 4.60. The molecule has 0 aliphatic heterocycles. The zero-order chi connectivity index (χ0) is 15.2. The van der Waals surface area contributed by atoms with Gasteiger partial charge in [-0.15, -0.1) is 0 Å². The molecular formula is C16H15BrFNO2. The lowest BCUT2D eigenvalue weighted by Crippen LogP contribution is -2.30. The Morgan fingerprint density at radius 3 is 2.62 bits per heavy atom. The monoisotopic (exact) mass is 351 g/mol. The standard InChI is InChI=1S/C16H15BrFNO2/c1-19(10-12-5-3-2-4-6-12)16(20)11-21-15-8-7-13(18)9-14(15)17/h2-9H,10-11H2,1H3. The number of carbonyl (C=O) groups excluding carboxylic acids is 1. The first kappa shape index (κ1) is 15.5. The van der Waals surface area contributed by atoms with Crippen molar-refractivity contribution in [1.29, 1.82) is 0 Å². The molecule has 0 unspecified atom stereocenters. The first-order valence-electron chi connectivity index (χ1n) is 6.42. The summed E-state index contributed by atoms with van der Waals surface area (Å²) < 4.78 is 18.9. The molecule has 2 aromatic rings. The lowest BCUT2D eigenvalue weighted by molar-refractivity contribution is -0.132. The van der Waals surface area contributed by atoms with Crippen LogP contribution in [0.5, 0.6) is 5.75 Å². The highest BCUT2D eigenvalue weighted by Crippen LogP contribution is 2.25. The van der Waals surface area contributed by atoms with Crippen LogP contribution in [0.1, 0.15) is 5.56 Å². The minimum atomic E-state index is -0.359. The van der Waals surface area contributed by atoms with E-state index in [4.69, 9.17) is 4.74 Å². The molecule has 0 aromatic heterocycles. The van der Waals surface area contributed by atoms with Crippen LogP contribution in [-0.2, 0) is 11.3 Å². The Bertz CT molecular complexity index is 619. The number of halogens is 2. The molecule has 2 rings (SSSR count).